The summed E-state index contributed by atoms with van der Waals surface area (Å²) in [6, 6.07) is 5.28. The van der Waals surface area contributed by atoms with Crippen molar-refractivity contribution in [3.63, 3.8) is 0 Å². The maximum atomic E-state index is 13.7. The van der Waals surface area contributed by atoms with Gasteiger partial charge < -0.3 is 14.5 Å². The molecule has 0 bridgehead atoms. The van der Waals surface area contributed by atoms with E-state index < -0.39 is 15.6 Å². The fraction of sp³-hybridized carbons (Fsp3) is 0.708. The molecule has 3 saturated heterocycles. The molecule has 0 N–H and O–H groups in total. The van der Waals surface area contributed by atoms with Gasteiger partial charge in [-0.25, -0.2) is 8.42 Å². The van der Waals surface area contributed by atoms with Crippen molar-refractivity contribution in [2.75, 3.05) is 44.2 Å². The lowest BCUT2D eigenvalue weighted by atomic mass is 10.0. The molecule has 1 unspecified atom stereocenters. The SMILES string of the molecule is CC1CN(C(=O)c2ccc(N3CCCCC3)c(S(=O)(=O)N3CCCCC3)c2)CC(C)(C)O1. The normalized spacial score (nSPS) is 25.0. The first kappa shape index (κ1) is 23.5. The molecule has 0 aromatic heterocycles. The van der Waals surface area contributed by atoms with Gasteiger partial charge in [0.25, 0.3) is 5.91 Å². The number of carbonyl (C=O) groups is 1. The number of hydrogen-bond donors (Lipinski definition) is 0. The van der Waals surface area contributed by atoms with E-state index in [1.807, 2.05) is 26.8 Å². The lowest BCUT2D eigenvalue weighted by molar-refractivity contribution is -0.118. The number of anilines is 1. The number of nitrogens with zero attached hydrogens (tertiary/aromatic N) is 3. The molecule has 0 radical (unpaired) electrons. The molecule has 32 heavy (non-hydrogen) atoms. The topological polar surface area (TPSA) is 70.2 Å². The van der Waals surface area contributed by atoms with Crippen molar-refractivity contribution in [2.24, 2.45) is 0 Å². The van der Waals surface area contributed by atoms with E-state index in [1.165, 1.54) is 6.42 Å². The molecule has 4 rings (SSSR count). The molecule has 8 heteroatoms. The van der Waals surface area contributed by atoms with Crippen molar-refractivity contribution >= 4 is 21.6 Å². The molecule has 7 nitrogen and oxygen atoms in total. The standard InChI is InChI=1S/C24H37N3O4S/c1-19-17-26(18-24(2,3)31-19)23(28)20-10-11-21(25-12-6-4-7-13-25)22(16-20)32(29,30)27-14-8-5-9-15-27/h10-11,16,19H,4-9,12-15,17-18H2,1-3H3. The largest absolute Gasteiger partial charge is 0.370 e. The van der Waals surface area contributed by atoms with E-state index in [-0.39, 0.29) is 16.9 Å². The van der Waals surface area contributed by atoms with E-state index in [2.05, 4.69) is 4.90 Å². The third kappa shape index (κ3) is 4.97. The van der Waals surface area contributed by atoms with Crippen LogP contribution in [0.5, 0.6) is 0 Å². The molecule has 3 aliphatic heterocycles. The first-order valence-corrected chi connectivity index (χ1v) is 13.5. The summed E-state index contributed by atoms with van der Waals surface area (Å²) < 4.78 is 35.0. The minimum atomic E-state index is -3.67. The number of hydrogen-bond acceptors (Lipinski definition) is 5. The number of piperidine rings is 2. The second-order valence-corrected chi connectivity index (χ2v) is 12.0. The van der Waals surface area contributed by atoms with Gasteiger partial charge in [0.15, 0.2) is 0 Å². The van der Waals surface area contributed by atoms with Gasteiger partial charge >= 0.3 is 0 Å². The molecule has 178 valence electrons. The van der Waals surface area contributed by atoms with Gasteiger partial charge in [-0.1, -0.05) is 6.42 Å². The second kappa shape index (κ2) is 9.31. The zero-order valence-corrected chi connectivity index (χ0v) is 20.5. The smallest absolute Gasteiger partial charge is 0.254 e. The van der Waals surface area contributed by atoms with Gasteiger partial charge in [0.05, 0.1) is 17.4 Å². The number of rotatable bonds is 4. The van der Waals surface area contributed by atoms with Crippen LogP contribution in [-0.4, -0.2) is 74.5 Å². The van der Waals surface area contributed by atoms with Crippen LogP contribution in [0.25, 0.3) is 0 Å². The highest BCUT2D eigenvalue weighted by atomic mass is 32.2. The van der Waals surface area contributed by atoms with Crippen LogP contribution in [0.2, 0.25) is 0 Å². The van der Waals surface area contributed by atoms with E-state index in [0.717, 1.165) is 50.9 Å². The molecule has 0 spiro atoms. The molecule has 0 aliphatic carbocycles. The minimum absolute atomic E-state index is 0.0631. The molecule has 1 amide bonds. The van der Waals surface area contributed by atoms with Gasteiger partial charge in [-0.3, -0.25) is 4.79 Å². The van der Waals surface area contributed by atoms with E-state index in [1.54, 1.807) is 21.3 Å². The summed E-state index contributed by atoms with van der Waals surface area (Å²) in [5.41, 5.74) is 0.748. The minimum Gasteiger partial charge on any atom is -0.370 e. The molecular weight excluding hydrogens is 426 g/mol. The number of carbonyl (C=O) groups excluding carboxylic acids is 1. The number of morpholine rings is 1. The molecule has 0 saturated carbocycles. The summed E-state index contributed by atoms with van der Waals surface area (Å²) in [5, 5.41) is 0. The third-order valence-corrected chi connectivity index (χ3v) is 8.62. The molecule has 3 fully saturated rings. The van der Waals surface area contributed by atoms with Gasteiger partial charge in [-0.15, -0.1) is 0 Å². The highest BCUT2D eigenvalue weighted by molar-refractivity contribution is 7.89. The summed E-state index contributed by atoms with van der Waals surface area (Å²) in [7, 11) is -3.67. The fourth-order valence-electron chi connectivity index (χ4n) is 5.29. The Balaban J connectivity index is 1.70. The molecular formula is C24H37N3O4S. The molecule has 3 heterocycles. The average molecular weight is 464 g/mol. The van der Waals surface area contributed by atoms with Crippen LogP contribution in [0.4, 0.5) is 5.69 Å². The number of ether oxygens (including phenoxy) is 1. The van der Waals surface area contributed by atoms with E-state index in [9.17, 15) is 13.2 Å². The van der Waals surface area contributed by atoms with Crippen LogP contribution in [0, 0.1) is 0 Å². The van der Waals surface area contributed by atoms with Crippen LogP contribution in [0.3, 0.4) is 0 Å². The first-order valence-electron chi connectivity index (χ1n) is 12.0. The third-order valence-electron chi connectivity index (χ3n) is 6.69. The molecule has 3 aliphatic rings. The highest BCUT2D eigenvalue weighted by Gasteiger charge is 2.36. The quantitative estimate of drug-likeness (QED) is 0.684. The Morgan fingerprint density at radius 3 is 2.25 bits per heavy atom. The maximum absolute atomic E-state index is 13.7. The van der Waals surface area contributed by atoms with Gasteiger partial charge in [-0.05, 0) is 71.1 Å². The maximum Gasteiger partial charge on any atom is 0.254 e. The van der Waals surface area contributed by atoms with Gasteiger partial charge in [-0.2, -0.15) is 4.31 Å². The number of benzene rings is 1. The number of sulfonamides is 1. The Bertz CT molecular complexity index is 935. The summed E-state index contributed by atoms with van der Waals surface area (Å²) in [4.78, 5) is 17.7. The summed E-state index contributed by atoms with van der Waals surface area (Å²) in [6.45, 7) is 9.72. The van der Waals surface area contributed by atoms with Crippen LogP contribution < -0.4 is 4.90 Å². The van der Waals surface area contributed by atoms with Crippen LogP contribution in [-0.2, 0) is 14.8 Å². The molecule has 1 aromatic rings. The summed E-state index contributed by atoms with van der Waals surface area (Å²) >= 11 is 0. The van der Waals surface area contributed by atoms with Crippen molar-refractivity contribution in [3.8, 4) is 0 Å². The predicted octanol–water partition coefficient (Wildman–Crippen LogP) is 3.49. The summed E-state index contributed by atoms with van der Waals surface area (Å²) in [6.07, 6.45) is 6.07. The van der Waals surface area contributed by atoms with Gasteiger partial charge in [0, 0.05) is 44.8 Å². The van der Waals surface area contributed by atoms with Gasteiger partial charge in [0.2, 0.25) is 10.0 Å². The lowest BCUT2D eigenvalue weighted by Gasteiger charge is -2.41. The van der Waals surface area contributed by atoms with Crippen molar-refractivity contribution in [3.05, 3.63) is 23.8 Å². The molecule has 1 atom stereocenters. The number of amides is 1. The lowest BCUT2D eigenvalue weighted by Crippen LogP contribution is -2.53. The Kier molecular flexibility index (Phi) is 6.84. The van der Waals surface area contributed by atoms with Gasteiger partial charge in [0.1, 0.15) is 4.90 Å². The van der Waals surface area contributed by atoms with E-state index in [4.69, 9.17) is 4.74 Å². The Hall–Kier alpha value is -1.64. The van der Waals surface area contributed by atoms with Crippen molar-refractivity contribution in [1.29, 1.82) is 0 Å². The Morgan fingerprint density at radius 1 is 1.00 bits per heavy atom. The monoisotopic (exact) mass is 463 g/mol. The summed E-state index contributed by atoms with van der Waals surface area (Å²) in [5.74, 6) is -0.131. The Labute approximate surface area is 192 Å². The highest BCUT2D eigenvalue weighted by Crippen LogP contribution is 2.33. The van der Waals surface area contributed by atoms with E-state index >= 15 is 0 Å². The zero-order chi connectivity index (χ0) is 22.9. The average Bonchev–Trinajstić information content (AvgIpc) is 2.78. The van der Waals surface area contributed by atoms with Crippen molar-refractivity contribution in [2.45, 2.75) is 75.9 Å². The van der Waals surface area contributed by atoms with Crippen molar-refractivity contribution in [1.82, 2.24) is 9.21 Å². The first-order chi connectivity index (χ1) is 15.2. The molecule has 1 aromatic carbocycles. The second-order valence-electron chi connectivity index (χ2n) is 10.1. The predicted molar refractivity (Wildman–Crippen MR) is 126 cm³/mol. The van der Waals surface area contributed by atoms with Crippen molar-refractivity contribution < 1.29 is 17.9 Å². The van der Waals surface area contributed by atoms with Crippen LogP contribution in [0.15, 0.2) is 23.1 Å². The van der Waals surface area contributed by atoms with Crippen LogP contribution >= 0.6 is 0 Å². The zero-order valence-electron chi connectivity index (χ0n) is 19.7. The van der Waals surface area contributed by atoms with E-state index in [0.29, 0.717) is 31.7 Å². The Morgan fingerprint density at radius 2 is 1.62 bits per heavy atom. The fourth-order valence-corrected chi connectivity index (χ4v) is 7.04. The van der Waals surface area contributed by atoms with Crippen LogP contribution in [0.1, 0.15) is 69.7 Å².